The summed E-state index contributed by atoms with van der Waals surface area (Å²) in [5.41, 5.74) is 15.4. The highest BCUT2D eigenvalue weighted by molar-refractivity contribution is 7.86. The lowest BCUT2D eigenvalue weighted by Gasteiger charge is -2.20. The highest BCUT2D eigenvalue weighted by Gasteiger charge is 2.37. The van der Waals surface area contributed by atoms with Gasteiger partial charge in [-0.15, -0.1) is 0 Å². The Kier molecular flexibility index (Phi) is 6.22. The van der Waals surface area contributed by atoms with Crippen molar-refractivity contribution in [3.8, 4) is 11.1 Å². The second-order valence-electron chi connectivity index (χ2n) is 7.35. The number of azide groups is 2. The van der Waals surface area contributed by atoms with Crippen molar-refractivity contribution in [2.24, 2.45) is 10.2 Å². The molecule has 0 aliphatic heterocycles. The maximum Gasteiger partial charge on any atom is 0.295 e. The number of carbonyl (C=O) groups excluding carboxylic acids is 3. The van der Waals surface area contributed by atoms with E-state index in [4.69, 9.17) is 11.1 Å². The van der Waals surface area contributed by atoms with Crippen molar-refractivity contribution in [2.75, 3.05) is 0 Å². The van der Waals surface area contributed by atoms with Crippen molar-refractivity contribution in [2.45, 2.75) is 4.90 Å². The highest BCUT2D eigenvalue weighted by atomic mass is 32.2. The molecule has 0 aromatic heterocycles. The third-order valence-corrected chi connectivity index (χ3v) is 6.27. The molecule has 176 valence electrons. The van der Waals surface area contributed by atoms with E-state index < -0.39 is 49.1 Å². The first kappa shape index (κ1) is 24.1. The summed E-state index contributed by atoms with van der Waals surface area (Å²) in [5.74, 6) is -2.57. The Bertz CT molecular complexity index is 1700. The fourth-order valence-corrected chi connectivity index (χ4v) is 4.71. The molecule has 4 rings (SSSR count). The molecule has 0 saturated carbocycles. The van der Waals surface area contributed by atoms with Gasteiger partial charge in [0.15, 0.2) is 17.3 Å². The Labute approximate surface area is 202 Å². The Morgan fingerprint density at radius 1 is 0.750 bits per heavy atom. The van der Waals surface area contributed by atoms with E-state index in [1.807, 2.05) is 0 Å². The zero-order chi connectivity index (χ0) is 26.0. The van der Waals surface area contributed by atoms with Crippen LogP contribution in [-0.2, 0) is 10.1 Å². The van der Waals surface area contributed by atoms with E-state index in [0.717, 1.165) is 6.07 Å². The average Bonchev–Trinajstić information content (AvgIpc) is 2.88. The SMILES string of the molecule is [N-]=[N+]=NC1=C(N=[N+]=[N-])C(=O)c2c(ccc(-c3ccc(C(=O)c4ccccc4)cc3)c2S(=O)(=O)O)C1=O. The monoisotopic (exact) mass is 500 g/mol. The van der Waals surface area contributed by atoms with Crippen molar-refractivity contribution >= 4 is 27.5 Å². The zero-order valence-corrected chi connectivity index (χ0v) is 18.7. The first-order chi connectivity index (χ1) is 17.2. The lowest BCUT2D eigenvalue weighted by atomic mass is 9.87. The van der Waals surface area contributed by atoms with Crippen LogP contribution in [-0.4, -0.2) is 30.3 Å². The minimum Gasteiger partial charge on any atom is -0.289 e. The standard InChI is InChI=1S/C23H12N6O6S/c24-28-26-18-19(27-29-25)22(32)17-16(21(18)31)11-10-15(23(17)36(33,34)35)12-6-8-14(9-7-12)20(30)13-4-2-1-3-5-13/h1-11H,(H,33,34,35). The molecule has 0 unspecified atom stereocenters. The van der Waals surface area contributed by atoms with Crippen LogP contribution in [0.2, 0.25) is 0 Å². The third kappa shape index (κ3) is 4.13. The molecule has 1 aliphatic carbocycles. The number of hydrogen-bond donors (Lipinski definition) is 1. The summed E-state index contributed by atoms with van der Waals surface area (Å²) in [4.78, 5) is 42.6. The fourth-order valence-electron chi connectivity index (χ4n) is 3.79. The maximum atomic E-state index is 13.1. The van der Waals surface area contributed by atoms with Gasteiger partial charge in [0.2, 0.25) is 0 Å². The van der Waals surface area contributed by atoms with Crippen LogP contribution < -0.4 is 0 Å². The van der Waals surface area contributed by atoms with Crippen LogP contribution >= 0.6 is 0 Å². The minimum atomic E-state index is -5.12. The molecule has 3 aromatic carbocycles. The Hall–Kier alpha value is -5.06. The predicted octanol–water partition coefficient (Wildman–Crippen LogP) is 5.04. The molecule has 3 aromatic rings. The average molecular weight is 500 g/mol. The van der Waals surface area contributed by atoms with Gasteiger partial charge in [0.05, 0.1) is 17.0 Å². The molecule has 1 aliphatic rings. The van der Waals surface area contributed by atoms with Gasteiger partial charge in [-0.3, -0.25) is 18.9 Å². The summed E-state index contributed by atoms with van der Waals surface area (Å²) >= 11 is 0. The molecule has 0 spiro atoms. The smallest absolute Gasteiger partial charge is 0.289 e. The van der Waals surface area contributed by atoms with Crippen molar-refractivity contribution < 1.29 is 27.4 Å². The van der Waals surface area contributed by atoms with Crippen molar-refractivity contribution in [3.05, 3.63) is 121 Å². The molecule has 36 heavy (non-hydrogen) atoms. The highest BCUT2D eigenvalue weighted by Crippen LogP contribution is 2.38. The van der Waals surface area contributed by atoms with E-state index in [1.54, 1.807) is 30.3 Å². The minimum absolute atomic E-state index is 0.149. The molecule has 0 atom stereocenters. The molecular formula is C23H12N6O6S. The lowest BCUT2D eigenvalue weighted by Crippen LogP contribution is -2.24. The number of rotatable bonds is 6. The molecule has 0 heterocycles. The van der Waals surface area contributed by atoms with Crippen molar-refractivity contribution in [1.29, 1.82) is 0 Å². The summed E-state index contributed by atoms with van der Waals surface area (Å²) < 4.78 is 34.9. The second-order valence-corrected chi connectivity index (χ2v) is 8.71. The van der Waals surface area contributed by atoms with Crippen molar-refractivity contribution in [1.82, 2.24) is 0 Å². The van der Waals surface area contributed by atoms with Crippen molar-refractivity contribution in [3.63, 3.8) is 0 Å². The molecule has 13 heteroatoms. The largest absolute Gasteiger partial charge is 0.295 e. The van der Waals surface area contributed by atoms with Crippen LogP contribution in [0.5, 0.6) is 0 Å². The van der Waals surface area contributed by atoms with E-state index in [0.29, 0.717) is 11.1 Å². The van der Waals surface area contributed by atoms with Gasteiger partial charge >= 0.3 is 0 Å². The third-order valence-electron chi connectivity index (χ3n) is 5.33. The summed E-state index contributed by atoms with van der Waals surface area (Å²) in [5, 5.41) is 6.23. The first-order valence-corrected chi connectivity index (χ1v) is 11.4. The van der Waals surface area contributed by atoms with E-state index in [-0.39, 0.29) is 16.9 Å². The van der Waals surface area contributed by atoms with Gasteiger partial charge in [-0.2, -0.15) is 8.42 Å². The summed E-state index contributed by atoms with van der Waals surface area (Å²) in [6.07, 6.45) is 0. The van der Waals surface area contributed by atoms with E-state index >= 15 is 0 Å². The Balaban J connectivity index is 1.91. The molecule has 0 saturated heterocycles. The van der Waals surface area contributed by atoms with Gasteiger partial charge in [-0.25, -0.2) is 0 Å². The summed E-state index contributed by atoms with van der Waals surface area (Å²) in [7, 11) is -5.12. The number of hydrogen-bond acceptors (Lipinski definition) is 7. The topological polar surface area (TPSA) is 203 Å². The molecule has 12 nitrogen and oxygen atoms in total. The molecule has 0 bridgehead atoms. The second kappa shape index (κ2) is 9.29. The lowest BCUT2D eigenvalue weighted by molar-refractivity contribution is 0.0970. The van der Waals surface area contributed by atoms with Gasteiger partial charge in [0, 0.05) is 32.1 Å². The number of Topliss-reactive ketones (excluding diaryl/α,β-unsaturated/α-hetero) is 2. The van der Waals surface area contributed by atoms with Crippen LogP contribution in [0.15, 0.2) is 93.2 Å². The quantitative estimate of drug-likeness (QED) is 0.161. The fraction of sp³-hybridized carbons (Fsp3) is 0. The van der Waals surface area contributed by atoms with Gasteiger partial charge in [-0.1, -0.05) is 70.9 Å². The van der Waals surface area contributed by atoms with E-state index in [1.165, 1.54) is 30.3 Å². The molecule has 0 amide bonds. The van der Waals surface area contributed by atoms with Crippen LogP contribution in [0.25, 0.3) is 32.0 Å². The number of benzene rings is 3. The number of carbonyl (C=O) groups is 3. The number of ketones is 3. The normalized spacial score (nSPS) is 12.9. The number of nitrogens with zero attached hydrogens (tertiary/aromatic N) is 6. The van der Waals surface area contributed by atoms with Gasteiger partial charge in [0.25, 0.3) is 10.1 Å². The van der Waals surface area contributed by atoms with Crippen LogP contribution in [0, 0.1) is 0 Å². The Morgan fingerprint density at radius 2 is 1.28 bits per heavy atom. The van der Waals surface area contributed by atoms with Gasteiger partial charge in [0.1, 0.15) is 4.90 Å². The van der Waals surface area contributed by atoms with E-state index in [2.05, 4.69) is 20.1 Å². The number of fused-ring (bicyclic) bond motifs is 1. The van der Waals surface area contributed by atoms with Crippen LogP contribution in [0.1, 0.15) is 36.6 Å². The zero-order valence-electron chi connectivity index (χ0n) is 17.9. The van der Waals surface area contributed by atoms with Gasteiger partial charge in [-0.05, 0) is 22.7 Å². The first-order valence-electron chi connectivity index (χ1n) is 9.97. The predicted molar refractivity (Wildman–Crippen MR) is 126 cm³/mol. The molecule has 0 fully saturated rings. The van der Waals surface area contributed by atoms with Gasteiger partial charge < -0.3 is 0 Å². The Morgan fingerprint density at radius 3 is 1.83 bits per heavy atom. The van der Waals surface area contributed by atoms with Crippen LogP contribution in [0.3, 0.4) is 0 Å². The molecule has 1 N–H and O–H groups in total. The van der Waals surface area contributed by atoms with Crippen LogP contribution in [0.4, 0.5) is 0 Å². The van der Waals surface area contributed by atoms with E-state index in [9.17, 15) is 27.4 Å². The molecular weight excluding hydrogens is 488 g/mol. The maximum absolute atomic E-state index is 13.1. The molecule has 0 radical (unpaired) electrons. The summed E-state index contributed by atoms with van der Waals surface area (Å²) in [6, 6.07) is 16.5. The summed E-state index contributed by atoms with van der Waals surface area (Å²) in [6.45, 7) is 0. The number of allylic oxidation sites excluding steroid dienone is 2.